The van der Waals surface area contributed by atoms with E-state index < -0.39 is 4.92 Å². The van der Waals surface area contributed by atoms with Crippen LogP contribution in [0.15, 0.2) is 47.5 Å². The number of ether oxygens (including phenoxy) is 1. The van der Waals surface area contributed by atoms with E-state index in [9.17, 15) is 14.9 Å². The smallest absolute Gasteiger partial charge is 0.324 e. The van der Waals surface area contributed by atoms with E-state index in [1.165, 1.54) is 6.07 Å². The Morgan fingerprint density at radius 2 is 1.76 bits per heavy atom. The number of carbonyl (C=O) groups is 1. The number of ketones is 1. The predicted octanol–water partition coefficient (Wildman–Crippen LogP) is 4.88. The van der Waals surface area contributed by atoms with Crippen LogP contribution in [-0.2, 0) is 4.79 Å². The van der Waals surface area contributed by atoms with Gasteiger partial charge in [-0.05, 0) is 55.2 Å². The Labute approximate surface area is 149 Å². The van der Waals surface area contributed by atoms with Gasteiger partial charge in [0.05, 0.1) is 12.0 Å². The average Bonchev–Trinajstić information content (AvgIpc) is 3.08. The highest BCUT2D eigenvalue weighted by molar-refractivity contribution is 7.16. The van der Waals surface area contributed by atoms with E-state index in [0.29, 0.717) is 12.0 Å². The minimum Gasteiger partial charge on any atom is -0.497 e. The summed E-state index contributed by atoms with van der Waals surface area (Å²) < 4.78 is 5.14. The summed E-state index contributed by atoms with van der Waals surface area (Å²) in [6.07, 6.45) is 6.02. The van der Waals surface area contributed by atoms with Crippen LogP contribution in [0, 0.1) is 10.1 Å². The maximum Gasteiger partial charge on any atom is 0.324 e. The second-order valence-electron chi connectivity index (χ2n) is 5.73. The first-order valence-corrected chi connectivity index (χ1v) is 8.72. The number of thiophene rings is 1. The van der Waals surface area contributed by atoms with Crippen LogP contribution in [0.2, 0.25) is 0 Å². The van der Waals surface area contributed by atoms with Crippen molar-refractivity contribution >= 4 is 34.3 Å². The van der Waals surface area contributed by atoms with Crippen molar-refractivity contribution < 1.29 is 14.5 Å². The molecule has 1 saturated carbocycles. The number of Topliss-reactive ketones (excluding diaryl/α,β-unsaturated/α-hetero) is 1. The van der Waals surface area contributed by atoms with E-state index in [4.69, 9.17) is 4.74 Å². The second-order valence-corrected chi connectivity index (χ2v) is 6.82. The maximum atomic E-state index is 12.7. The highest BCUT2D eigenvalue weighted by atomic mass is 32.1. The minimum absolute atomic E-state index is 0.0260. The number of allylic oxidation sites excluding steroid dienone is 2. The van der Waals surface area contributed by atoms with Crippen LogP contribution in [0.5, 0.6) is 5.75 Å². The molecule has 0 radical (unpaired) electrons. The largest absolute Gasteiger partial charge is 0.497 e. The quantitative estimate of drug-likeness (QED) is 0.445. The van der Waals surface area contributed by atoms with Gasteiger partial charge in [-0.3, -0.25) is 14.9 Å². The molecule has 128 valence electrons. The maximum absolute atomic E-state index is 12.7. The molecular weight excluding hydrogens is 338 g/mol. The topological polar surface area (TPSA) is 69.4 Å². The van der Waals surface area contributed by atoms with Gasteiger partial charge in [-0.25, -0.2) is 0 Å². The summed E-state index contributed by atoms with van der Waals surface area (Å²) in [5.41, 5.74) is 2.44. The zero-order chi connectivity index (χ0) is 17.8. The van der Waals surface area contributed by atoms with E-state index >= 15 is 0 Å². The van der Waals surface area contributed by atoms with Gasteiger partial charge in [0.15, 0.2) is 5.78 Å². The first kappa shape index (κ1) is 17.1. The standard InChI is InChI=1S/C19H17NO4S/c1-24-16-7-5-13(6-8-16)11-14-3-2-4-15(19(14)21)12-17-9-10-18(25-17)20(22)23/h5-12H,2-4H2,1H3/b14-11+,15-12+. The summed E-state index contributed by atoms with van der Waals surface area (Å²) in [6.45, 7) is 0. The summed E-state index contributed by atoms with van der Waals surface area (Å²) >= 11 is 1.08. The summed E-state index contributed by atoms with van der Waals surface area (Å²) in [5.74, 6) is 0.801. The number of carbonyl (C=O) groups excluding carboxylic acids is 1. The lowest BCUT2D eigenvalue weighted by Crippen LogP contribution is -2.12. The summed E-state index contributed by atoms with van der Waals surface area (Å²) in [4.78, 5) is 23.8. The fraction of sp³-hybridized carbons (Fsp3) is 0.211. The van der Waals surface area contributed by atoms with E-state index in [2.05, 4.69) is 0 Å². The molecule has 0 N–H and O–H groups in total. The number of benzene rings is 1. The Balaban J connectivity index is 1.83. The van der Waals surface area contributed by atoms with Crippen LogP contribution >= 0.6 is 11.3 Å². The Bertz CT molecular complexity index is 862. The van der Waals surface area contributed by atoms with Gasteiger partial charge < -0.3 is 4.74 Å². The second kappa shape index (κ2) is 7.44. The molecule has 0 unspecified atom stereocenters. The molecule has 1 aliphatic rings. The molecule has 0 saturated heterocycles. The van der Waals surface area contributed by atoms with E-state index in [1.54, 1.807) is 19.3 Å². The summed E-state index contributed by atoms with van der Waals surface area (Å²) in [6, 6.07) is 10.7. The van der Waals surface area contributed by atoms with Crippen LogP contribution in [0.1, 0.15) is 29.7 Å². The zero-order valence-electron chi connectivity index (χ0n) is 13.7. The van der Waals surface area contributed by atoms with E-state index in [-0.39, 0.29) is 10.8 Å². The van der Waals surface area contributed by atoms with Crippen molar-refractivity contribution in [3.05, 3.63) is 68.1 Å². The Morgan fingerprint density at radius 3 is 2.36 bits per heavy atom. The van der Waals surface area contributed by atoms with Crippen LogP contribution in [-0.4, -0.2) is 17.8 Å². The summed E-state index contributed by atoms with van der Waals surface area (Å²) in [5, 5.41) is 10.9. The highest BCUT2D eigenvalue weighted by Crippen LogP contribution is 2.31. The van der Waals surface area contributed by atoms with Crippen molar-refractivity contribution in [1.82, 2.24) is 0 Å². The van der Waals surface area contributed by atoms with Crippen molar-refractivity contribution in [2.75, 3.05) is 7.11 Å². The van der Waals surface area contributed by atoms with Gasteiger partial charge in [0.25, 0.3) is 0 Å². The molecule has 0 atom stereocenters. The van der Waals surface area contributed by atoms with E-state index in [0.717, 1.165) is 45.9 Å². The molecule has 2 aromatic rings. The molecule has 0 bridgehead atoms. The molecule has 25 heavy (non-hydrogen) atoms. The zero-order valence-corrected chi connectivity index (χ0v) is 14.5. The molecule has 1 aliphatic carbocycles. The number of nitro groups is 1. The van der Waals surface area contributed by atoms with Gasteiger partial charge in [0, 0.05) is 22.1 Å². The Hall–Kier alpha value is -2.73. The van der Waals surface area contributed by atoms with Gasteiger partial charge in [-0.15, -0.1) is 0 Å². The van der Waals surface area contributed by atoms with Gasteiger partial charge >= 0.3 is 5.00 Å². The fourth-order valence-electron chi connectivity index (χ4n) is 2.77. The monoisotopic (exact) mass is 355 g/mol. The number of methoxy groups -OCH3 is 1. The first-order valence-electron chi connectivity index (χ1n) is 7.91. The van der Waals surface area contributed by atoms with Crippen LogP contribution in [0.4, 0.5) is 5.00 Å². The van der Waals surface area contributed by atoms with Crippen molar-refractivity contribution in [1.29, 1.82) is 0 Å². The molecule has 5 nitrogen and oxygen atoms in total. The molecule has 1 heterocycles. The molecule has 1 aromatic carbocycles. The van der Waals surface area contributed by atoms with Gasteiger partial charge in [0.2, 0.25) is 0 Å². The van der Waals surface area contributed by atoms with Crippen LogP contribution < -0.4 is 4.74 Å². The van der Waals surface area contributed by atoms with Crippen molar-refractivity contribution in [2.24, 2.45) is 0 Å². The lowest BCUT2D eigenvalue weighted by Gasteiger charge is -2.16. The Morgan fingerprint density at radius 1 is 1.08 bits per heavy atom. The van der Waals surface area contributed by atoms with Crippen molar-refractivity contribution in [3.8, 4) is 5.75 Å². The third-order valence-electron chi connectivity index (χ3n) is 4.04. The molecule has 0 amide bonds. The Kier molecular flexibility index (Phi) is 5.09. The molecule has 1 aromatic heterocycles. The number of nitrogens with zero attached hydrogens (tertiary/aromatic N) is 1. The third-order valence-corrected chi connectivity index (χ3v) is 5.03. The number of rotatable bonds is 4. The molecule has 6 heteroatoms. The lowest BCUT2D eigenvalue weighted by molar-refractivity contribution is -0.380. The molecule has 1 fully saturated rings. The van der Waals surface area contributed by atoms with Crippen LogP contribution in [0.25, 0.3) is 12.2 Å². The normalized spacial score (nSPS) is 17.9. The van der Waals surface area contributed by atoms with Gasteiger partial charge in [-0.2, -0.15) is 0 Å². The molecule has 0 aliphatic heterocycles. The minimum atomic E-state index is -0.412. The highest BCUT2D eigenvalue weighted by Gasteiger charge is 2.21. The van der Waals surface area contributed by atoms with Gasteiger partial charge in [-0.1, -0.05) is 23.5 Å². The third kappa shape index (κ3) is 4.03. The van der Waals surface area contributed by atoms with E-state index in [1.807, 2.05) is 30.3 Å². The summed E-state index contributed by atoms with van der Waals surface area (Å²) in [7, 11) is 1.62. The number of hydrogen-bond donors (Lipinski definition) is 0. The first-order chi connectivity index (χ1) is 12.1. The van der Waals surface area contributed by atoms with Crippen molar-refractivity contribution in [2.45, 2.75) is 19.3 Å². The lowest BCUT2D eigenvalue weighted by atomic mass is 9.87. The van der Waals surface area contributed by atoms with Crippen LogP contribution in [0.3, 0.4) is 0 Å². The predicted molar refractivity (Wildman–Crippen MR) is 98.8 cm³/mol. The molecule has 0 spiro atoms. The number of hydrogen-bond acceptors (Lipinski definition) is 5. The molecule has 3 rings (SSSR count). The van der Waals surface area contributed by atoms with Gasteiger partial charge in [0.1, 0.15) is 5.75 Å². The molecular formula is C19H17NO4S. The van der Waals surface area contributed by atoms with Crippen molar-refractivity contribution in [3.63, 3.8) is 0 Å². The average molecular weight is 355 g/mol. The fourth-order valence-corrected chi connectivity index (χ4v) is 3.56. The SMILES string of the molecule is COc1ccc(/C=C2\CCC/C(=C\c3ccc([N+](=O)[O-])s3)C2=O)cc1.